The van der Waals surface area contributed by atoms with Crippen molar-refractivity contribution in [1.82, 2.24) is 4.57 Å². The van der Waals surface area contributed by atoms with E-state index in [1.807, 2.05) is 0 Å². The molecule has 0 radical (unpaired) electrons. The first-order chi connectivity index (χ1) is 13.4. The van der Waals surface area contributed by atoms with Crippen molar-refractivity contribution in [2.24, 2.45) is 7.05 Å². The number of aromatic nitrogens is 1. The molecule has 0 spiro atoms. The van der Waals surface area contributed by atoms with E-state index in [0.717, 1.165) is 36.1 Å². The van der Waals surface area contributed by atoms with Gasteiger partial charge in [-0.15, -0.1) is 11.3 Å². The van der Waals surface area contributed by atoms with E-state index in [2.05, 4.69) is 5.32 Å². The van der Waals surface area contributed by atoms with Crippen LogP contribution in [0, 0.1) is 0 Å². The third kappa shape index (κ3) is 4.44. The van der Waals surface area contributed by atoms with E-state index in [-0.39, 0.29) is 6.10 Å². The Kier molecular flexibility index (Phi) is 6.18. The molecular formula is C20H24N2O5S. The van der Waals surface area contributed by atoms with Crippen molar-refractivity contribution >= 4 is 34.2 Å². The summed E-state index contributed by atoms with van der Waals surface area (Å²) >= 11 is 1.40. The summed E-state index contributed by atoms with van der Waals surface area (Å²) in [5, 5.41) is 3.20. The Morgan fingerprint density at radius 3 is 2.64 bits per heavy atom. The molecule has 1 N–H and O–H groups in total. The van der Waals surface area contributed by atoms with Crippen molar-refractivity contribution in [3.63, 3.8) is 0 Å². The average molecular weight is 404 g/mol. The highest BCUT2D eigenvalue weighted by molar-refractivity contribution is 7.17. The van der Waals surface area contributed by atoms with E-state index in [9.17, 15) is 14.4 Å². The molecule has 0 aliphatic heterocycles. The summed E-state index contributed by atoms with van der Waals surface area (Å²) in [4.78, 5) is 38.1. The number of amides is 1. The number of ether oxygens (including phenoxy) is 2. The molecule has 0 unspecified atom stereocenters. The van der Waals surface area contributed by atoms with Gasteiger partial charge >= 0.3 is 11.9 Å². The number of nitrogens with zero attached hydrogens (tertiary/aromatic N) is 1. The van der Waals surface area contributed by atoms with Gasteiger partial charge in [0, 0.05) is 18.1 Å². The molecule has 150 valence electrons. The van der Waals surface area contributed by atoms with Crippen molar-refractivity contribution in [3.8, 4) is 0 Å². The third-order valence-corrected chi connectivity index (χ3v) is 5.67. The van der Waals surface area contributed by atoms with Crippen LogP contribution in [0.25, 0.3) is 0 Å². The average Bonchev–Trinajstić information content (AvgIpc) is 3.22. The molecule has 0 saturated heterocycles. The zero-order chi connectivity index (χ0) is 20.3. The summed E-state index contributed by atoms with van der Waals surface area (Å²) in [7, 11) is 1.72. The van der Waals surface area contributed by atoms with Gasteiger partial charge in [0.1, 0.15) is 10.7 Å². The summed E-state index contributed by atoms with van der Waals surface area (Å²) in [5.41, 5.74) is 1.77. The maximum atomic E-state index is 12.6. The number of nitrogens with one attached hydrogen (secondary N) is 1. The van der Waals surface area contributed by atoms with Crippen LogP contribution in [0.4, 0.5) is 5.00 Å². The Bertz CT molecular complexity index is 897. The molecule has 0 aromatic carbocycles. The monoisotopic (exact) mass is 404 g/mol. The summed E-state index contributed by atoms with van der Waals surface area (Å²) in [6.07, 6.45) is 5.23. The number of hydrogen-bond acceptors (Lipinski definition) is 6. The van der Waals surface area contributed by atoms with Crippen LogP contribution < -0.4 is 5.32 Å². The molecule has 2 heterocycles. The maximum absolute atomic E-state index is 12.6. The maximum Gasteiger partial charge on any atom is 0.355 e. The first kappa shape index (κ1) is 20.1. The lowest BCUT2D eigenvalue weighted by atomic mass is 9.95. The Morgan fingerprint density at radius 2 is 1.96 bits per heavy atom. The van der Waals surface area contributed by atoms with Gasteiger partial charge < -0.3 is 19.4 Å². The SMILES string of the molecule is CC(C)OC(=O)c1c(NC(=O)COC(=O)c2cccn2C)sc2c1CCCC2. The molecule has 7 nitrogen and oxygen atoms in total. The molecule has 28 heavy (non-hydrogen) atoms. The molecular weight excluding hydrogens is 380 g/mol. The molecule has 8 heteroatoms. The minimum absolute atomic E-state index is 0.249. The second-order valence-electron chi connectivity index (χ2n) is 7.00. The second-order valence-corrected chi connectivity index (χ2v) is 8.10. The number of carbonyl (C=O) groups is 3. The first-order valence-corrected chi connectivity index (χ1v) is 10.1. The topological polar surface area (TPSA) is 86.6 Å². The molecule has 0 atom stereocenters. The molecule has 2 aromatic rings. The third-order valence-electron chi connectivity index (χ3n) is 4.46. The van der Waals surface area contributed by atoms with Gasteiger partial charge in [0.25, 0.3) is 5.91 Å². The normalized spacial score (nSPS) is 13.1. The Morgan fingerprint density at radius 1 is 1.21 bits per heavy atom. The predicted octanol–water partition coefficient (Wildman–Crippen LogP) is 3.33. The van der Waals surface area contributed by atoms with Crippen molar-refractivity contribution in [3.05, 3.63) is 40.0 Å². The smallest absolute Gasteiger partial charge is 0.355 e. The fourth-order valence-electron chi connectivity index (χ4n) is 3.18. The first-order valence-electron chi connectivity index (χ1n) is 9.30. The van der Waals surface area contributed by atoms with Crippen molar-refractivity contribution in [2.75, 3.05) is 11.9 Å². The van der Waals surface area contributed by atoms with Crippen molar-refractivity contribution in [1.29, 1.82) is 0 Å². The Hall–Kier alpha value is -2.61. The molecule has 3 rings (SSSR count). The molecule has 1 amide bonds. The second kappa shape index (κ2) is 8.60. The van der Waals surface area contributed by atoms with E-state index in [1.165, 1.54) is 11.3 Å². The Labute approximate surface area is 167 Å². The number of aryl methyl sites for hydroxylation is 2. The lowest BCUT2D eigenvalue weighted by Gasteiger charge is -2.14. The number of rotatable bonds is 6. The molecule has 0 bridgehead atoms. The van der Waals surface area contributed by atoms with Crippen LogP contribution in [0.1, 0.15) is 58.0 Å². The van der Waals surface area contributed by atoms with E-state index in [0.29, 0.717) is 16.3 Å². The van der Waals surface area contributed by atoms with Crippen LogP contribution in [0.15, 0.2) is 18.3 Å². The minimum Gasteiger partial charge on any atom is -0.459 e. The number of thiophene rings is 1. The fraction of sp³-hybridized carbons (Fsp3) is 0.450. The van der Waals surface area contributed by atoms with Crippen LogP contribution in [0.3, 0.4) is 0 Å². The van der Waals surface area contributed by atoms with E-state index in [4.69, 9.17) is 9.47 Å². The van der Waals surface area contributed by atoms with Crippen molar-refractivity contribution in [2.45, 2.75) is 45.6 Å². The highest BCUT2D eigenvalue weighted by Gasteiger charge is 2.28. The van der Waals surface area contributed by atoms with Gasteiger partial charge in [-0.25, -0.2) is 9.59 Å². The zero-order valence-electron chi connectivity index (χ0n) is 16.2. The molecule has 0 fully saturated rings. The standard InChI is InChI=1S/C20H24N2O5S/c1-12(2)27-20(25)17-13-7-4-5-9-15(13)28-18(17)21-16(23)11-26-19(24)14-8-6-10-22(14)3/h6,8,10,12H,4-5,7,9,11H2,1-3H3,(H,21,23). The predicted molar refractivity (Wildman–Crippen MR) is 106 cm³/mol. The summed E-state index contributed by atoms with van der Waals surface area (Å²) in [6, 6.07) is 3.34. The van der Waals surface area contributed by atoms with Crippen LogP contribution in [0.2, 0.25) is 0 Å². The zero-order valence-corrected chi connectivity index (χ0v) is 17.1. The number of esters is 2. The van der Waals surface area contributed by atoms with Crippen molar-refractivity contribution < 1.29 is 23.9 Å². The van der Waals surface area contributed by atoms with Gasteiger partial charge in [-0.3, -0.25) is 4.79 Å². The van der Waals surface area contributed by atoms with Crippen LogP contribution in [0.5, 0.6) is 0 Å². The number of anilines is 1. The summed E-state index contributed by atoms with van der Waals surface area (Å²) in [6.45, 7) is 3.15. The van der Waals surface area contributed by atoms with Gasteiger partial charge in [-0.05, 0) is 57.2 Å². The molecule has 1 aliphatic rings. The van der Waals surface area contributed by atoms with Crippen LogP contribution >= 0.6 is 11.3 Å². The number of fused-ring (bicyclic) bond motifs is 1. The Balaban J connectivity index is 1.71. The van der Waals surface area contributed by atoms with Gasteiger partial charge in [0.15, 0.2) is 6.61 Å². The van der Waals surface area contributed by atoms with E-state index >= 15 is 0 Å². The lowest BCUT2D eigenvalue weighted by Crippen LogP contribution is -2.23. The largest absolute Gasteiger partial charge is 0.459 e. The van der Waals surface area contributed by atoms with E-state index in [1.54, 1.807) is 43.8 Å². The lowest BCUT2D eigenvalue weighted by molar-refractivity contribution is -0.119. The van der Waals surface area contributed by atoms with Gasteiger partial charge in [0.2, 0.25) is 0 Å². The van der Waals surface area contributed by atoms with Gasteiger partial charge in [0.05, 0.1) is 11.7 Å². The quantitative estimate of drug-likeness (QED) is 0.747. The fourth-order valence-corrected chi connectivity index (χ4v) is 4.48. The number of carbonyl (C=O) groups excluding carboxylic acids is 3. The highest BCUT2D eigenvalue weighted by Crippen LogP contribution is 2.38. The highest BCUT2D eigenvalue weighted by atomic mass is 32.1. The van der Waals surface area contributed by atoms with Crippen LogP contribution in [-0.4, -0.2) is 35.1 Å². The molecule has 1 aliphatic carbocycles. The van der Waals surface area contributed by atoms with Crippen LogP contribution in [-0.2, 0) is 34.2 Å². The number of hydrogen-bond donors (Lipinski definition) is 1. The minimum atomic E-state index is -0.576. The summed E-state index contributed by atoms with van der Waals surface area (Å²) < 4.78 is 12.1. The molecule has 2 aromatic heterocycles. The molecule has 0 saturated carbocycles. The summed E-state index contributed by atoms with van der Waals surface area (Å²) in [5.74, 6) is -1.49. The van der Waals surface area contributed by atoms with Gasteiger partial charge in [-0.2, -0.15) is 0 Å². The van der Waals surface area contributed by atoms with Gasteiger partial charge in [-0.1, -0.05) is 0 Å². The van der Waals surface area contributed by atoms with E-state index < -0.39 is 24.5 Å².